The number of hydrogen-bond acceptors (Lipinski definition) is 0. The van der Waals surface area contributed by atoms with Gasteiger partial charge in [-0.1, -0.05) is 59.3 Å². The van der Waals surface area contributed by atoms with Crippen LogP contribution in [0.1, 0.15) is 11.1 Å². The van der Waals surface area contributed by atoms with Crippen molar-refractivity contribution in [1.29, 1.82) is 0 Å². The normalized spacial score (nSPS) is 10.4. The SMILES string of the molecule is C#Cc1c2cccc(Cl)c2c(C#C)c2cccc(Cl)c12. The van der Waals surface area contributed by atoms with E-state index in [0.717, 1.165) is 32.7 Å². The molecule has 94 valence electrons. The summed E-state index contributed by atoms with van der Waals surface area (Å²) in [6.07, 6.45) is 11.4. The smallest absolute Gasteiger partial charge is 0.0497 e. The average molecular weight is 295 g/mol. The zero-order chi connectivity index (χ0) is 14.3. The number of halogens is 2. The summed E-state index contributed by atoms with van der Waals surface area (Å²) in [6, 6.07) is 11.2. The molecule has 0 unspecified atom stereocenters. The van der Waals surface area contributed by atoms with Gasteiger partial charge < -0.3 is 0 Å². The lowest BCUT2D eigenvalue weighted by Crippen LogP contribution is -1.91. The van der Waals surface area contributed by atoms with Crippen LogP contribution in [0.25, 0.3) is 21.5 Å². The van der Waals surface area contributed by atoms with E-state index in [-0.39, 0.29) is 0 Å². The summed E-state index contributed by atoms with van der Waals surface area (Å²) in [5.74, 6) is 5.44. The summed E-state index contributed by atoms with van der Waals surface area (Å²) >= 11 is 12.6. The molecule has 20 heavy (non-hydrogen) atoms. The minimum atomic E-state index is 0.592. The van der Waals surface area contributed by atoms with Crippen LogP contribution in [-0.4, -0.2) is 0 Å². The first-order valence-corrected chi connectivity index (χ1v) is 6.70. The molecule has 0 aliphatic rings. The van der Waals surface area contributed by atoms with Crippen LogP contribution in [0, 0.1) is 24.7 Å². The van der Waals surface area contributed by atoms with E-state index in [1.54, 1.807) is 12.1 Å². The molecule has 0 atom stereocenters. The van der Waals surface area contributed by atoms with E-state index in [2.05, 4.69) is 11.8 Å². The van der Waals surface area contributed by atoms with Gasteiger partial charge in [-0.3, -0.25) is 0 Å². The Kier molecular flexibility index (Phi) is 3.07. The molecule has 0 heterocycles. The van der Waals surface area contributed by atoms with Crippen LogP contribution in [0.15, 0.2) is 36.4 Å². The predicted molar refractivity (Wildman–Crippen MR) is 87.3 cm³/mol. The Morgan fingerprint density at radius 2 is 1.10 bits per heavy atom. The monoisotopic (exact) mass is 294 g/mol. The Morgan fingerprint density at radius 3 is 1.45 bits per heavy atom. The van der Waals surface area contributed by atoms with Crippen molar-refractivity contribution in [1.82, 2.24) is 0 Å². The van der Waals surface area contributed by atoms with Gasteiger partial charge in [-0.25, -0.2) is 0 Å². The van der Waals surface area contributed by atoms with Crippen LogP contribution in [0.5, 0.6) is 0 Å². The van der Waals surface area contributed by atoms with E-state index in [1.807, 2.05) is 24.3 Å². The molecule has 0 saturated carbocycles. The van der Waals surface area contributed by atoms with Gasteiger partial charge in [0.2, 0.25) is 0 Å². The molecule has 0 amide bonds. The second-order valence-corrected chi connectivity index (χ2v) is 5.18. The van der Waals surface area contributed by atoms with Crippen molar-refractivity contribution in [2.24, 2.45) is 0 Å². The second-order valence-electron chi connectivity index (χ2n) is 4.36. The highest BCUT2D eigenvalue weighted by atomic mass is 35.5. The zero-order valence-corrected chi connectivity index (χ0v) is 11.9. The zero-order valence-electron chi connectivity index (χ0n) is 10.4. The number of fused-ring (bicyclic) bond motifs is 2. The van der Waals surface area contributed by atoms with E-state index >= 15 is 0 Å². The molecule has 2 heteroatoms. The maximum absolute atomic E-state index is 6.31. The molecule has 0 fully saturated rings. The Bertz CT molecular complexity index is 858. The molecule has 0 spiro atoms. The van der Waals surface area contributed by atoms with Gasteiger partial charge in [0.25, 0.3) is 0 Å². The first-order valence-electron chi connectivity index (χ1n) is 5.94. The third-order valence-corrected chi connectivity index (χ3v) is 3.98. The highest BCUT2D eigenvalue weighted by Gasteiger charge is 2.15. The molecule has 0 radical (unpaired) electrons. The Hall–Kier alpha value is -2.12. The molecule has 3 aromatic rings. The minimum absolute atomic E-state index is 0.592. The van der Waals surface area contributed by atoms with E-state index in [0.29, 0.717) is 10.0 Å². The van der Waals surface area contributed by atoms with E-state index < -0.39 is 0 Å². The van der Waals surface area contributed by atoms with Crippen molar-refractivity contribution in [2.75, 3.05) is 0 Å². The van der Waals surface area contributed by atoms with Crippen LogP contribution in [0.4, 0.5) is 0 Å². The first-order chi connectivity index (χ1) is 9.69. The lowest BCUT2D eigenvalue weighted by Gasteiger charge is -2.12. The third-order valence-electron chi connectivity index (χ3n) is 3.35. The number of hydrogen-bond donors (Lipinski definition) is 0. The lowest BCUT2D eigenvalue weighted by atomic mass is 9.92. The predicted octanol–water partition coefficient (Wildman–Crippen LogP) is 5.26. The van der Waals surface area contributed by atoms with E-state index in [9.17, 15) is 0 Å². The molecule has 0 nitrogen and oxygen atoms in total. The van der Waals surface area contributed by atoms with Gasteiger partial charge in [0.1, 0.15) is 0 Å². The van der Waals surface area contributed by atoms with Crippen molar-refractivity contribution in [2.45, 2.75) is 0 Å². The van der Waals surface area contributed by atoms with Gasteiger partial charge in [0, 0.05) is 42.7 Å². The van der Waals surface area contributed by atoms with E-state index in [4.69, 9.17) is 36.0 Å². The molecule has 0 N–H and O–H groups in total. The molecule has 0 aromatic heterocycles. The molecule has 0 aliphatic carbocycles. The van der Waals surface area contributed by atoms with Gasteiger partial charge in [-0.05, 0) is 12.1 Å². The molecule has 0 saturated heterocycles. The van der Waals surface area contributed by atoms with Crippen molar-refractivity contribution in [3.63, 3.8) is 0 Å². The average Bonchev–Trinajstić information content (AvgIpc) is 2.46. The standard InChI is InChI=1S/C18H8Cl2/c1-3-11-13-7-5-10-16(20)18(13)12(4-2)14-8-6-9-15(19)17(11)14/h1-2,5-10H. The second kappa shape index (κ2) is 4.77. The fourth-order valence-electron chi connectivity index (χ4n) is 2.54. The fraction of sp³-hybridized carbons (Fsp3) is 0. The Balaban J connectivity index is 2.79. The van der Waals surface area contributed by atoms with Crippen molar-refractivity contribution < 1.29 is 0 Å². The van der Waals surface area contributed by atoms with Crippen molar-refractivity contribution in [3.8, 4) is 24.7 Å². The molecule has 3 rings (SSSR count). The summed E-state index contributed by atoms with van der Waals surface area (Å²) in [6.45, 7) is 0. The van der Waals surface area contributed by atoms with Crippen molar-refractivity contribution in [3.05, 3.63) is 57.6 Å². The minimum Gasteiger partial charge on any atom is -0.115 e. The Morgan fingerprint density at radius 1 is 0.700 bits per heavy atom. The van der Waals surface area contributed by atoms with Crippen LogP contribution >= 0.6 is 23.2 Å². The van der Waals surface area contributed by atoms with Gasteiger partial charge in [0.15, 0.2) is 0 Å². The molecular formula is C18H8Cl2. The summed E-state index contributed by atoms with van der Waals surface area (Å²) < 4.78 is 0. The summed E-state index contributed by atoms with van der Waals surface area (Å²) in [5, 5.41) is 4.50. The highest BCUT2D eigenvalue weighted by molar-refractivity contribution is 6.39. The molecule has 0 aliphatic heterocycles. The van der Waals surface area contributed by atoms with Crippen LogP contribution in [0.3, 0.4) is 0 Å². The van der Waals surface area contributed by atoms with Gasteiger partial charge in [0.05, 0.1) is 0 Å². The van der Waals surface area contributed by atoms with Crippen LogP contribution in [0.2, 0.25) is 10.0 Å². The van der Waals surface area contributed by atoms with Gasteiger partial charge >= 0.3 is 0 Å². The quantitative estimate of drug-likeness (QED) is 0.392. The third kappa shape index (κ3) is 1.67. The number of benzene rings is 3. The number of rotatable bonds is 0. The van der Waals surface area contributed by atoms with E-state index in [1.165, 1.54) is 0 Å². The topological polar surface area (TPSA) is 0 Å². The fourth-order valence-corrected chi connectivity index (χ4v) is 3.08. The van der Waals surface area contributed by atoms with Gasteiger partial charge in [-0.15, -0.1) is 12.8 Å². The summed E-state index contributed by atoms with van der Waals surface area (Å²) in [5.41, 5.74) is 1.45. The molecule has 0 bridgehead atoms. The lowest BCUT2D eigenvalue weighted by molar-refractivity contribution is 1.71. The first kappa shape index (κ1) is 12.9. The largest absolute Gasteiger partial charge is 0.115 e. The molecule has 3 aromatic carbocycles. The maximum Gasteiger partial charge on any atom is 0.0497 e. The Labute approximate surface area is 127 Å². The maximum atomic E-state index is 6.31. The van der Waals surface area contributed by atoms with Gasteiger partial charge in [-0.2, -0.15) is 0 Å². The summed E-state index contributed by atoms with van der Waals surface area (Å²) in [7, 11) is 0. The van der Waals surface area contributed by atoms with Crippen LogP contribution in [-0.2, 0) is 0 Å². The van der Waals surface area contributed by atoms with Crippen molar-refractivity contribution >= 4 is 44.7 Å². The van der Waals surface area contributed by atoms with Crippen LogP contribution < -0.4 is 0 Å². The molecular weight excluding hydrogens is 287 g/mol. The number of terminal acetylenes is 2. The highest BCUT2D eigenvalue weighted by Crippen LogP contribution is 2.38. The summed E-state index contributed by atoms with van der Waals surface area (Å²) in [4.78, 5) is 0.